The molecule has 0 aliphatic carbocycles. The maximum absolute atomic E-state index is 12.2. The predicted octanol–water partition coefficient (Wildman–Crippen LogP) is 2.19. The molecule has 23 heavy (non-hydrogen) atoms. The quantitative estimate of drug-likeness (QED) is 0.823. The van der Waals surface area contributed by atoms with Crippen LogP contribution in [0.3, 0.4) is 0 Å². The molecule has 2 rings (SSSR count). The van der Waals surface area contributed by atoms with Crippen molar-refractivity contribution in [1.29, 1.82) is 0 Å². The number of rotatable bonds is 7. The minimum atomic E-state index is -0.259. The van der Waals surface area contributed by atoms with E-state index in [1.165, 1.54) is 17.8 Å². The standard InChI is InChI=1S/C18H21N3O2/c1-2-10-20-18(23)16-13-15(9-12-19-16)17(22)21-11-8-14-6-4-3-5-7-14/h3-7,9,12-13H,2,8,10-11H2,1H3,(H,20,23)(H,21,22). The summed E-state index contributed by atoms with van der Waals surface area (Å²) in [6.45, 7) is 3.11. The Labute approximate surface area is 136 Å². The van der Waals surface area contributed by atoms with E-state index in [1.54, 1.807) is 6.07 Å². The Hall–Kier alpha value is -2.69. The number of aromatic nitrogens is 1. The summed E-state index contributed by atoms with van der Waals surface area (Å²) in [7, 11) is 0. The van der Waals surface area contributed by atoms with Gasteiger partial charge in [0, 0.05) is 24.8 Å². The lowest BCUT2D eigenvalue weighted by molar-refractivity contribution is 0.0948. The molecule has 0 aliphatic rings. The Balaban J connectivity index is 1.90. The molecule has 0 saturated carbocycles. The molecule has 0 atom stereocenters. The van der Waals surface area contributed by atoms with Crippen LogP contribution in [0.1, 0.15) is 39.8 Å². The Morgan fingerprint density at radius 3 is 2.48 bits per heavy atom. The van der Waals surface area contributed by atoms with Gasteiger partial charge >= 0.3 is 0 Å². The lowest BCUT2D eigenvalue weighted by Gasteiger charge is -2.07. The Morgan fingerprint density at radius 1 is 1.00 bits per heavy atom. The van der Waals surface area contributed by atoms with Gasteiger partial charge < -0.3 is 10.6 Å². The number of hydrogen-bond donors (Lipinski definition) is 2. The zero-order valence-electron chi connectivity index (χ0n) is 13.2. The van der Waals surface area contributed by atoms with Gasteiger partial charge in [0.1, 0.15) is 5.69 Å². The molecule has 2 N–H and O–H groups in total. The van der Waals surface area contributed by atoms with Crippen molar-refractivity contribution in [2.24, 2.45) is 0 Å². The predicted molar refractivity (Wildman–Crippen MR) is 89.3 cm³/mol. The van der Waals surface area contributed by atoms with Crippen molar-refractivity contribution in [3.63, 3.8) is 0 Å². The topological polar surface area (TPSA) is 71.1 Å². The molecule has 2 aromatic rings. The first-order chi connectivity index (χ1) is 11.2. The van der Waals surface area contributed by atoms with E-state index in [1.807, 2.05) is 37.3 Å². The summed E-state index contributed by atoms with van der Waals surface area (Å²) in [5, 5.41) is 5.60. The molecule has 0 spiro atoms. The van der Waals surface area contributed by atoms with Crippen LogP contribution >= 0.6 is 0 Å². The van der Waals surface area contributed by atoms with Crippen LogP contribution in [0.25, 0.3) is 0 Å². The number of nitrogens with zero attached hydrogens (tertiary/aromatic N) is 1. The number of carbonyl (C=O) groups is 2. The fraction of sp³-hybridized carbons (Fsp3) is 0.278. The van der Waals surface area contributed by atoms with Crippen LogP contribution in [0.2, 0.25) is 0 Å². The second-order valence-corrected chi connectivity index (χ2v) is 5.18. The SMILES string of the molecule is CCCNC(=O)c1cc(C(=O)NCCc2ccccc2)ccn1. The maximum atomic E-state index is 12.2. The van der Waals surface area contributed by atoms with Crippen molar-refractivity contribution in [1.82, 2.24) is 15.6 Å². The monoisotopic (exact) mass is 311 g/mol. The first-order valence-corrected chi connectivity index (χ1v) is 7.77. The molecular formula is C18H21N3O2. The third-order valence-electron chi connectivity index (χ3n) is 3.33. The van der Waals surface area contributed by atoms with Gasteiger partial charge in [-0.15, -0.1) is 0 Å². The first kappa shape index (κ1) is 16.7. The lowest BCUT2D eigenvalue weighted by atomic mass is 10.1. The molecule has 0 unspecified atom stereocenters. The van der Waals surface area contributed by atoms with Gasteiger partial charge in [0.05, 0.1) is 0 Å². The molecule has 1 aromatic heterocycles. The maximum Gasteiger partial charge on any atom is 0.269 e. The normalized spacial score (nSPS) is 10.1. The lowest BCUT2D eigenvalue weighted by Crippen LogP contribution is -2.28. The van der Waals surface area contributed by atoms with Crippen LogP contribution < -0.4 is 10.6 Å². The van der Waals surface area contributed by atoms with Gasteiger partial charge in [-0.05, 0) is 30.5 Å². The fourth-order valence-corrected chi connectivity index (χ4v) is 2.09. The Morgan fingerprint density at radius 2 is 1.74 bits per heavy atom. The highest BCUT2D eigenvalue weighted by Crippen LogP contribution is 2.03. The van der Waals surface area contributed by atoms with Gasteiger partial charge in [0.25, 0.3) is 11.8 Å². The zero-order valence-corrected chi connectivity index (χ0v) is 13.2. The smallest absolute Gasteiger partial charge is 0.269 e. The van der Waals surface area contributed by atoms with Gasteiger partial charge in [-0.25, -0.2) is 0 Å². The number of pyridine rings is 1. The van der Waals surface area contributed by atoms with Crippen molar-refractivity contribution >= 4 is 11.8 Å². The minimum Gasteiger partial charge on any atom is -0.352 e. The van der Waals surface area contributed by atoms with Gasteiger partial charge in [-0.3, -0.25) is 14.6 Å². The molecule has 0 saturated heterocycles. The van der Waals surface area contributed by atoms with E-state index >= 15 is 0 Å². The van der Waals surface area contributed by atoms with Crippen molar-refractivity contribution in [2.45, 2.75) is 19.8 Å². The van der Waals surface area contributed by atoms with Crippen LogP contribution in [0.4, 0.5) is 0 Å². The highest BCUT2D eigenvalue weighted by atomic mass is 16.2. The fourth-order valence-electron chi connectivity index (χ4n) is 2.09. The second kappa shape index (κ2) is 8.68. The van der Waals surface area contributed by atoms with E-state index in [0.717, 1.165) is 12.8 Å². The largest absolute Gasteiger partial charge is 0.352 e. The molecule has 120 valence electrons. The average Bonchev–Trinajstić information content (AvgIpc) is 2.60. The van der Waals surface area contributed by atoms with E-state index in [0.29, 0.717) is 18.7 Å². The Bertz CT molecular complexity index is 656. The summed E-state index contributed by atoms with van der Waals surface area (Å²) in [6, 6.07) is 13.1. The minimum absolute atomic E-state index is 0.201. The van der Waals surface area contributed by atoms with Crippen LogP contribution in [-0.2, 0) is 6.42 Å². The van der Waals surface area contributed by atoms with Crippen molar-refractivity contribution in [3.05, 3.63) is 65.5 Å². The van der Waals surface area contributed by atoms with Crippen molar-refractivity contribution in [3.8, 4) is 0 Å². The molecule has 0 aliphatic heterocycles. The summed E-state index contributed by atoms with van der Waals surface area (Å²) >= 11 is 0. The molecule has 0 radical (unpaired) electrons. The van der Waals surface area contributed by atoms with Crippen LogP contribution in [-0.4, -0.2) is 29.9 Å². The van der Waals surface area contributed by atoms with Gasteiger partial charge in [-0.2, -0.15) is 0 Å². The summed E-state index contributed by atoms with van der Waals surface area (Å²) < 4.78 is 0. The molecule has 1 heterocycles. The van der Waals surface area contributed by atoms with E-state index in [2.05, 4.69) is 15.6 Å². The second-order valence-electron chi connectivity index (χ2n) is 5.18. The summed E-state index contributed by atoms with van der Waals surface area (Å²) in [5.74, 6) is -0.460. The average molecular weight is 311 g/mol. The molecule has 5 heteroatoms. The van der Waals surface area contributed by atoms with E-state index in [-0.39, 0.29) is 17.5 Å². The van der Waals surface area contributed by atoms with Gasteiger partial charge in [0.15, 0.2) is 0 Å². The van der Waals surface area contributed by atoms with E-state index in [4.69, 9.17) is 0 Å². The van der Waals surface area contributed by atoms with Crippen molar-refractivity contribution in [2.75, 3.05) is 13.1 Å². The van der Waals surface area contributed by atoms with Crippen molar-refractivity contribution < 1.29 is 9.59 Å². The van der Waals surface area contributed by atoms with Crippen LogP contribution in [0.15, 0.2) is 48.7 Å². The van der Waals surface area contributed by atoms with Gasteiger partial charge in [-0.1, -0.05) is 37.3 Å². The van der Waals surface area contributed by atoms with Crippen LogP contribution in [0.5, 0.6) is 0 Å². The third-order valence-corrected chi connectivity index (χ3v) is 3.33. The summed E-state index contributed by atoms with van der Waals surface area (Å²) in [6.07, 6.45) is 3.10. The first-order valence-electron chi connectivity index (χ1n) is 7.77. The van der Waals surface area contributed by atoms with E-state index < -0.39 is 0 Å². The number of hydrogen-bond acceptors (Lipinski definition) is 3. The number of carbonyl (C=O) groups excluding carboxylic acids is 2. The summed E-state index contributed by atoms with van der Waals surface area (Å²) in [4.78, 5) is 28.0. The van der Waals surface area contributed by atoms with Crippen LogP contribution in [0, 0.1) is 0 Å². The van der Waals surface area contributed by atoms with Gasteiger partial charge in [0.2, 0.25) is 0 Å². The third kappa shape index (κ3) is 5.21. The molecular weight excluding hydrogens is 290 g/mol. The zero-order chi connectivity index (χ0) is 16.5. The summed E-state index contributed by atoms with van der Waals surface area (Å²) in [5.41, 5.74) is 1.87. The molecule has 2 amide bonds. The Kier molecular flexibility index (Phi) is 6.29. The number of benzene rings is 1. The molecule has 0 fully saturated rings. The molecule has 5 nitrogen and oxygen atoms in total. The highest BCUT2D eigenvalue weighted by Gasteiger charge is 2.11. The molecule has 1 aromatic carbocycles. The molecule has 0 bridgehead atoms. The number of amides is 2. The highest BCUT2D eigenvalue weighted by molar-refractivity contribution is 5.98. The number of nitrogens with one attached hydrogen (secondary N) is 2. The van der Waals surface area contributed by atoms with E-state index in [9.17, 15) is 9.59 Å².